The third kappa shape index (κ3) is 23.8. The van der Waals surface area contributed by atoms with E-state index in [1.807, 2.05) is 34.6 Å². The van der Waals surface area contributed by atoms with E-state index in [1.54, 1.807) is 7.11 Å². The zero-order chi connectivity index (χ0) is 32.6. The Hall–Kier alpha value is -2.24. The summed E-state index contributed by atoms with van der Waals surface area (Å²) in [6.07, 6.45) is 6.87. The number of methoxy groups -OCH3 is 1. The van der Waals surface area contributed by atoms with Crippen LogP contribution in [0.15, 0.2) is 0 Å². The van der Waals surface area contributed by atoms with Gasteiger partial charge in [0.15, 0.2) is 0 Å². The molecule has 0 heterocycles. The summed E-state index contributed by atoms with van der Waals surface area (Å²) in [6, 6.07) is -0.686. The number of unbranched alkanes of at least 4 members (excludes halogenated alkanes) is 3. The van der Waals surface area contributed by atoms with Crippen molar-refractivity contribution in [3.63, 3.8) is 0 Å². The Labute approximate surface area is 260 Å². The van der Waals surface area contributed by atoms with Crippen molar-refractivity contribution in [2.24, 2.45) is 10.8 Å². The Bertz CT molecular complexity index is 790. The molecule has 0 aromatic heterocycles. The van der Waals surface area contributed by atoms with Gasteiger partial charge < -0.3 is 35.5 Å². The van der Waals surface area contributed by atoms with Crippen LogP contribution in [0.25, 0.3) is 0 Å². The summed E-state index contributed by atoms with van der Waals surface area (Å²) in [4.78, 5) is 49.5. The molecule has 0 radical (unpaired) electrons. The zero-order valence-corrected chi connectivity index (χ0v) is 28.2. The minimum Gasteiger partial charge on any atom is -0.382 e. The van der Waals surface area contributed by atoms with E-state index in [9.17, 15) is 19.2 Å². The molecule has 1 atom stereocenters. The molecule has 0 fully saturated rings. The first-order chi connectivity index (χ1) is 20.4. The van der Waals surface area contributed by atoms with Gasteiger partial charge in [0, 0.05) is 56.8 Å². The van der Waals surface area contributed by atoms with Gasteiger partial charge in [0.25, 0.3) is 0 Å². The van der Waals surface area contributed by atoms with Crippen molar-refractivity contribution in [3.8, 4) is 0 Å². The normalized spacial score (nSPS) is 12.4. The summed E-state index contributed by atoms with van der Waals surface area (Å²) in [7, 11) is 1.58. The summed E-state index contributed by atoms with van der Waals surface area (Å²) >= 11 is 0. The maximum atomic E-state index is 13.2. The Morgan fingerprint density at radius 3 is 1.93 bits per heavy atom. The van der Waals surface area contributed by atoms with Crippen LogP contribution in [0.1, 0.15) is 106 Å². The molecule has 11 heteroatoms. The molecule has 252 valence electrons. The highest BCUT2D eigenvalue weighted by Gasteiger charge is 2.26. The minimum absolute atomic E-state index is 0.0473. The lowest BCUT2D eigenvalue weighted by atomic mass is 9.92. The van der Waals surface area contributed by atoms with E-state index >= 15 is 0 Å². The van der Waals surface area contributed by atoms with Gasteiger partial charge in [0.2, 0.25) is 23.6 Å². The van der Waals surface area contributed by atoms with Crippen LogP contribution >= 0.6 is 0 Å². The fraction of sp³-hybridized carbons (Fsp3) is 0.875. The third-order valence-corrected chi connectivity index (χ3v) is 6.77. The highest BCUT2D eigenvalue weighted by Crippen LogP contribution is 2.19. The van der Waals surface area contributed by atoms with Crippen LogP contribution < -0.4 is 21.3 Å². The number of amides is 4. The standard InChI is InChI=1S/C32H62N4O7/c1-8-10-11-16-28(38)33-18-13-12-15-26(36-29(39)17-19-42-21-20-41-7)30(40)35-23-32(5,6)25-43-24-31(3,4)22-34-27(37)14-9-2/h26H,8-25H2,1-7H3,(H,33,38)(H,34,37)(H,35,40)(H,36,39)/t26-/m1/s1. The predicted octanol–water partition coefficient (Wildman–Crippen LogP) is 3.49. The van der Waals surface area contributed by atoms with Gasteiger partial charge in [-0.25, -0.2) is 0 Å². The molecule has 0 aromatic rings. The van der Waals surface area contributed by atoms with Gasteiger partial charge in [-0.05, 0) is 32.1 Å². The molecule has 0 spiro atoms. The molecule has 11 nitrogen and oxygen atoms in total. The average molecular weight is 615 g/mol. The fourth-order valence-electron chi connectivity index (χ4n) is 4.08. The quantitative estimate of drug-likeness (QED) is 0.104. The number of ether oxygens (including phenoxy) is 3. The van der Waals surface area contributed by atoms with Crippen molar-refractivity contribution in [1.29, 1.82) is 0 Å². The van der Waals surface area contributed by atoms with E-state index in [0.29, 0.717) is 78.2 Å². The second-order valence-electron chi connectivity index (χ2n) is 12.8. The average Bonchev–Trinajstić information content (AvgIpc) is 2.94. The highest BCUT2D eigenvalue weighted by molar-refractivity contribution is 5.87. The van der Waals surface area contributed by atoms with Gasteiger partial charge >= 0.3 is 0 Å². The van der Waals surface area contributed by atoms with Crippen LogP contribution in [0.3, 0.4) is 0 Å². The van der Waals surface area contributed by atoms with Crippen molar-refractivity contribution in [2.75, 3.05) is 59.8 Å². The van der Waals surface area contributed by atoms with Crippen molar-refractivity contribution in [1.82, 2.24) is 21.3 Å². The lowest BCUT2D eigenvalue weighted by Gasteiger charge is -2.30. The van der Waals surface area contributed by atoms with Gasteiger partial charge in [-0.1, -0.05) is 54.4 Å². The van der Waals surface area contributed by atoms with Gasteiger partial charge in [-0.3, -0.25) is 19.2 Å². The van der Waals surface area contributed by atoms with Crippen LogP contribution in [0.4, 0.5) is 0 Å². The molecule has 4 N–H and O–H groups in total. The summed E-state index contributed by atoms with van der Waals surface area (Å²) in [5.74, 6) is -0.397. The maximum absolute atomic E-state index is 13.2. The summed E-state index contributed by atoms with van der Waals surface area (Å²) < 4.78 is 16.3. The second kappa shape index (κ2) is 24.1. The molecule has 43 heavy (non-hydrogen) atoms. The van der Waals surface area contributed by atoms with Crippen LogP contribution in [-0.2, 0) is 33.4 Å². The molecule has 4 amide bonds. The van der Waals surface area contributed by atoms with Crippen molar-refractivity contribution in [3.05, 3.63) is 0 Å². The molecule has 0 aliphatic rings. The molecule has 0 aliphatic heterocycles. The first-order valence-corrected chi connectivity index (χ1v) is 16.1. The smallest absolute Gasteiger partial charge is 0.242 e. The van der Waals surface area contributed by atoms with Gasteiger partial charge in [0.05, 0.1) is 33.0 Å². The number of rotatable bonds is 27. The fourth-order valence-corrected chi connectivity index (χ4v) is 4.08. The minimum atomic E-state index is -0.686. The maximum Gasteiger partial charge on any atom is 0.242 e. The Balaban J connectivity index is 4.79. The number of hydrogen-bond acceptors (Lipinski definition) is 7. The van der Waals surface area contributed by atoms with Crippen molar-refractivity contribution in [2.45, 2.75) is 112 Å². The van der Waals surface area contributed by atoms with Crippen molar-refractivity contribution >= 4 is 23.6 Å². The molecule has 0 saturated heterocycles. The van der Waals surface area contributed by atoms with E-state index in [4.69, 9.17) is 14.2 Å². The Morgan fingerprint density at radius 2 is 1.30 bits per heavy atom. The molecule has 0 aliphatic carbocycles. The molecule has 0 aromatic carbocycles. The van der Waals surface area contributed by atoms with Crippen molar-refractivity contribution < 1.29 is 33.4 Å². The molecule has 0 saturated carbocycles. The van der Waals surface area contributed by atoms with Crippen LogP contribution in [-0.4, -0.2) is 89.4 Å². The van der Waals surface area contributed by atoms with E-state index in [0.717, 1.165) is 25.7 Å². The van der Waals surface area contributed by atoms with Gasteiger partial charge in [-0.15, -0.1) is 0 Å². The SMILES string of the molecule is CCCCCC(=O)NCCCC[C@@H](NC(=O)CCOCCOC)C(=O)NCC(C)(C)COCC(C)(C)CNC(=O)CCC. The third-order valence-electron chi connectivity index (χ3n) is 6.77. The first kappa shape index (κ1) is 40.8. The van der Waals surface area contributed by atoms with E-state index in [1.165, 1.54) is 0 Å². The monoisotopic (exact) mass is 614 g/mol. The number of carbonyl (C=O) groups is 4. The molecule has 0 rings (SSSR count). The number of carbonyl (C=O) groups excluding carboxylic acids is 4. The summed E-state index contributed by atoms with van der Waals surface area (Å²) in [6.45, 7) is 15.6. The number of nitrogens with one attached hydrogen (secondary N) is 4. The topological polar surface area (TPSA) is 144 Å². The van der Waals surface area contributed by atoms with Gasteiger partial charge in [0.1, 0.15) is 6.04 Å². The summed E-state index contributed by atoms with van der Waals surface area (Å²) in [5.41, 5.74) is -0.566. The van der Waals surface area contributed by atoms with Crippen LogP contribution in [0.2, 0.25) is 0 Å². The predicted molar refractivity (Wildman–Crippen MR) is 170 cm³/mol. The molecular weight excluding hydrogens is 552 g/mol. The van der Waals surface area contributed by atoms with Crippen LogP contribution in [0, 0.1) is 10.8 Å². The Morgan fingerprint density at radius 1 is 0.651 bits per heavy atom. The van der Waals surface area contributed by atoms with Gasteiger partial charge in [-0.2, -0.15) is 0 Å². The lowest BCUT2D eigenvalue weighted by molar-refractivity contribution is -0.130. The highest BCUT2D eigenvalue weighted by atomic mass is 16.5. The summed E-state index contributed by atoms with van der Waals surface area (Å²) in [5, 5.41) is 11.7. The molecule has 0 unspecified atom stereocenters. The molecule has 0 bridgehead atoms. The first-order valence-electron chi connectivity index (χ1n) is 16.1. The zero-order valence-electron chi connectivity index (χ0n) is 28.2. The largest absolute Gasteiger partial charge is 0.382 e. The lowest BCUT2D eigenvalue weighted by Crippen LogP contribution is -2.49. The van der Waals surface area contributed by atoms with Crippen LogP contribution in [0.5, 0.6) is 0 Å². The molecular formula is C32H62N4O7. The van der Waals surface area contributed by atoms with E-state index in [2.05, 4.69) is 28.2 Å². The number of hydrogen-bond donors (Lipinski definition) is 4. The van der Waals surface area contributed by atoms with E-state index < -0.39 is 6.04 Å². The Kier molecular flexibility index (Phi) is 22.9. The second-order valence-corrected chi connectivity index (χ2v) is 12.8. The van der Waals surface area contributed by atoms with E-state index in [-0.39, 0.29) is 47.5 Å².